The van der Waals surface area contributed by atoms with Gasteiger partial charge >= 0.3 is 11.9 Å². The number of rotatable bonds is 11. The smallest absolute Gasteiger partial charge is 0.328 e. The van der Waals surface area contributed by atoms with Crippen molar-refractivity contribution in [2.45, 2.75) is 6.10 Å². The molecule has 1 heterocycles. The Morgan fingerprint density at radius 3 is 1.73 bits per heavy atom. The van der Waals surface area contributed by atoms with Crippen molar-refractivity contribution >= 4 is 18.0 Å². The number of benzene rings is 3. The van der Waals surface area contributed by atoms with Crippen LogP contribution in [-0.4, -0.2) is 77.8 Å². The maximum Gasteiger partial charge on any atom is 0.328 e. The summed E-state index contributed by atoms with van der Waals surface area (Å²) in [5.74, 6) is -3.08. The van der Waals surface area contributed by atoms with Gasteiger partial charge < -0.3 is 14.9 Å². The van der Waals surface area contributed by atoms with Crippen LogP contribution >= 0.6 is 0 Å². The fourth-order valence-electron chi connectivity index (χ4n) is 4.20. The lowest BCUT2D eigenvalue weighted by molar-refractivity contribution is -0.134. The van der Waals surface area contributed by atoms with E-state index in [0.717, 1.165) is 50.4 Å². The lowest BCUT2D eigenvalue weighted by Gasteiger charge is -2.34. The van der Waals surface area contributed by atoms with Crippen LogP contribution in [0, 0.1) is 11.6 Å². The third-order valence-corrected chi connectivity index (χ3v) is 6.34. The third kappa shape index (κ3) is 11.8. The number of carbonyl (C=O) groups is 2. The van der Waals surface area contributed by atoms with Crippen LogP contribution in [0.5, 0.6) is 0 Å². The van der Waals surface area contributed by atoms with Crippen LogP contribution in [0.25, 0.3) is 6.08 Å². The Labute approximate surface area is 238 Å². The first kappa shape index (κ1) is 31.3. The van der Waals surface area contributed by atoms with E-state index in [-0.39, 0.29) is 17.7 Å². The van der Waals surface area contributed by atoms with Crippen LogP contribution < -0.4 is 0 Å². The number of carboxylic acid groups (broad SMARTS) is 2. The van der Waals surface area contributed by atoms with E-state index in [1.165, 1.54) is 29.8 Å². The molecule has 0 bridgehead atoms. The summed E-state index contributed by atoms with van der Waals surface area (Å²) in [6.45, 7) is 6.38. The minimum Gasteiger partial charge on any atom is -0.478 e. The van der Waals surface area contributed by atoms with E-state index in [2.05, 4.69) is 46.2 Å². The molecule has 0 aliphatic carbocycles. The zero-order valence-corrected chi connectivity index (χ0v) is 22.6. The highest BCUT2D eigenvalue weighted by Gasteiger charge is 2.18. The Kier molecular flexibility index (Phi) is 12.9. The summed E-state index contributed by atoms with van der Waals surface area (Å²) in [4.78, 5) is 24.0. The first-order valence-corrected chi connectivity index (χ1v) is 13.2. The highest BCUT2D eigenvalue weighted by molar-refractivity contribution is 5.89. The molecular weight excluding hydrogens is 530 g/mol. The van der Waals surface area contributed by atoms with Crippen molar-refractivity contribution in [3.8, 4) is 0 Å². The topological polar surface area (TPSA) is 90.3 Å². The van der Waals surface area contributed by atoms with Crippen LogP contribution in [0.2, 0.25) is 0 Å². The van der Waals surface area contributed by atoms with Gasteiger partial charge in [-0.2, -0.15) is 0 Å². The molecule has 41 heavy (non-hydrogen) atoms. The molecule has 3 aromatic rings. The first-order valence-electron chi connectivity index (χ1n) is 13.2. The van der Waals surface area contributed by atoms with E-state index in [1.807, 2.05) is 6.07 Å². The van der Waals surface area contributed by atoms with Crippen LogP contribution in [-0.2, 0) is 14.3 Å². The summed E-state index contributed by atoms with van der Waals surface area (Å²) < 4.78 is 33.0. The molecule has 216 valence electrons. The molecule has 0 amide bonds. The van der Waals surface area contributed by atoms with E-state index < -0.39 is 11.9 Å². The lowest BCUT2D eigenvalue weighted by atomic mass is 10.0. The van der Waals surface area contributed by atoms with Crippen molar-refractivity contribution in [3.63, 3.8) is 0 Å². The lowest BCUT2D eigenvalue weighted by Crippen LogP contribution is -2.47. The van der Waals surface area contributed by atoms with Crippen LogP contribution in [0.1, 0.15) is 22.8 Å². The summed E-state index contributed by atoms with van der Waals surface area (Å²) in [5, 5.41) is 15.6. The van der Waals surface area contributed by atoms with Gasteiger partial charge in [0.1, 0.15) is 17.7 Å². The number of halogens is 2. The van der Waals surface area contributed by atoms with Crippen molar-refractivity contribution in [1.82, 2.24) is 9.80 Å². The third-order valence-electron chi connectivity index (χ3n) is 6.34. The zero-order valence-electron chi connectivity index (χ0n) is 22.6. The van der Waals surface area contributed by atoms with E-state index in [9.17, 15) is 18.4 Å². The number of aliphatic carboxylic acids is 2. The second-order valence-corrected chi connectivity index (χ2v) is 9.32. The van der Waals surface area contributed by atoms with Gasteiger partial charge in [0, 0.05) is 51.4 Å². The molecule has 1 fully saturated rings. The summed E-state index contributed by atoms with van der Waals surface area (Å²) in [6, 6.07) is 23.0. The van der Waals surface area contributed by atoms with E-state index in [4.69, 9.17) is 14.9 Å². The van der Waals surface area contributed by atoms with Crippen molar-refractivity contribution in [2.75, 3.05) is 45.9 Å². The maximum atomic E-state index is 13.4. The molecule has 0 unspecified atom stereocenters. The molecular formula is C32H34F2N2O5. The molecule has 3 aromatic carbocycles. The van der Waals surface area contributed by atoms with E-state index in [0.29, 0.717) is 18.8 Å². The number of hydrogen-bond donors (Lipinski definition) is 2. The summed E-state index contributed by atoms with van der Waals surface area (Å²) >= 11 is 0. The van der Waals surface area contributed by atoms with Crippen LogP contribution in [0.4, 0.5) is 8.78 Å². The Morgan fingerprint density at radius 2 is 1.24 bits per heavy atom. The fourth-order valence-corrected chi connectivity index (χ4v) is 4.20. The molecule has 0 spiro atoms. The highest BCUT2D eigenvalue weighted by Crippen LogP contribution is 2.26. The van der Waals surface area contributed by atoms with Gasteiger partial charge in [-0.05, 0) is 41.0 Å². The molecule has 1 aliphatic rings. The maximum absolute atomic E-state index is 13.4. The van der Waals surface area contributed by atoms with Crippen molar-refractivity contribution in [3.05, 3.63) is 125 Å². The Bertz CT molecular complexity index is 1210. The van der Waals surface area contributed by atoms with Gasteiger partial charge in [-0.15, -0.1) is 0 Å². The number of piperazine rings is 1. The fraction of sp³-hybridized carbons (Fsp3) is 0.250. The quantitative estimate of drug-likeness (QED) is 0.313. The largest absolute Gasteiger partial charge is 0.478 e. The van der Waals surface area contributed by atoms with E-state index in [1.54, 1.807) is 24.3 Å². The van der Waals surface area contributed by atoms with Gasteiger partial charge in [0.25, 0.3) is 0 Å². The molecule has 0 radical (unpaired) electrons. The van der Waals surface area contributed by atoms with Crippen molar-refractivity contribution in [1.29, 1.82) is 0 Å². The SMILES string of the molecule is Fc1ccc(C(OCCN2CCN(CC=Cc3ccccc3)CC2)c2ccc(F)cc2)cc1.O=C(O)C=CC(=O)O. The van der Waals surface area contributed by atoms with Crippen molar-refractivity contribution in [2.24, 2.45) is 0 Å². The summed E-state index contributed by atoms with van der Waals surface area (Å²) in [6.07, 6.45) is 5.16. The van der Waals surface area contributed by atoms with Gasteiger partial charge in [0.15, 0.2) is 0 Å². The molecule has 2 N–H and O–H groups in total. The van der Waals surface area contributed by atoms with Crippen molar-refractivity contribution < 1.29 is 33.3 Å². The predicted molar refractivity (Wildman–Crippen MR) is 153 cm³/mol. The molecule has 7 nitrogen and oxygen atoms in total. The van der Waals surface area contributed by atoms with Gasteiger partial charge in [0.2, 0.25) is 0 Å². The Morgan fingerprint density at radius 1 is 0.756 bits per heavy atom. The minimum atomic E-state index is -1.26. The first-order chi connectivity index (χ1) is 19.8. The van der Waals surface area contributed by atoms with Crippen LogP contribution in [0.15, 0.2) is 97.1 Å². The van der Waals surface area contributed by atoms with Gasteiger partial charge in [-0.3, -0.25) is 9.80 Å². The molecule has 1 aliphatic heterocycles. The van der Waals surface area contributed by atoms with Crippen LogP contribution in [0.3, 0.4) is 0 Å². The highest BCUT2D eigenvalue weighted by atomic mass is 19.1. The van der Waals surface area contributed by atoms with E-state index >= 15 is 0 Å². The zero-order chi connectivity index (χ0) is 29.5. The molecule has 0 atom stereocenters. The second kappa shape index (κ2) is 16.8. The Balaban J connectivity index is 0.000000507. The predicted octanol–water partition coefficient (Wildman–Crippen LogP) is 5.11. The standard InChI is InChI=1S/C28H30F2N2O.C4H4O4/c29-26-12-8-24(9-13-26)28(25-10-14-27(30)15-11-25)33-22-21-32-19-17-31(18-20-32)16-4-7-23-5-2-1-3-6-23;5-3(6)1-2-4(7)8/h1-15,28H,16-22H2;1-2H,(H,5,6)(H,7,8). The molecule has 9 heteroatoms. The normalized spacial score (nSPS) is 14.3. The number of carboxylic acids is 2. The molecule has 1 saturated heterocycles. The van der Waals surface area contributed by atoms with Gasteiger partial charge in [-0.1, -0.05) is 66.7 Å². The molecule has 0 aromatic heterocycles. The number of ether oxygens (including phenoxy) is 1. The second-order valence-electron chi connectivity index (χ2n) is 9.32. The summed E-state index contributed by atoms with van der Waals surface area (Å²) in [7, 11) is 0. The molecule has 4 rings (SSSR count). The monoisotopic (exact) mass is 564 g/mol. The molecule has 0 saturated carbocycles. The number of hydrogen-bond acceptors (Lipinski definition) is 5. The minimum absolute atomic E-state index is 0.284. The Hall–Kier alpha value is -4.18. The average molecular weight is 565 g/mol. The summed E-state index contributed by atoms with van der Waals surface area (Å²) in [5.41, 5.74) is 2.95. The van der Waals surface area contributed by atoms with Gasteiger partial charge in [-0.25, -0.2) is 18.4 Å². The van der Waals surface area contributed by atoms with Gasteiger partial charge in [0.05, 0.1) is 6.61 Å². The average Bonchev–Trinajstić information content (AvgIpc) is 2.97. The number of nitrogens with zero attached hydrogens (tertiary/aromatic N) is 2.